The van der Waals surface area contributed by atoms with E-state index in [1.807, 2.05) is 0 Å². The number of rotatable bonds is 2. The molecule has 0 aliphatic carbocycles. The fraction of sp³-hybridized carbons (Fsp3) is 0. The van der Waals surface area contributed by atoms with Gasteiger partial charge in [0.1, 0.15) is 5.76 Å². The van der Waals surface area contributed by atoms with Gasteiger partial charge < -0.3 is 10.2 Å². The van der Waals surface area contributed by atoms with E-state index in [1.54, 1.807) is 0 Å². The van der Waals surface area contributed by atoms with Crippen molar-refractivity contribution in [2.24, 2.45) is 0 Å². The fourth-order valence-corrected chi connectivity index (χ4v) is 0.167. The molecule has 0 heterocycles. The Morgan fingerprint density at radius 2 is 1.60 bits per heavy atom. The zero-order valence-electron chi connectivity index (χ0n) is 5.16. The first-order valence-corrected chi connectivity index (χ1v) is 1.92. The summed E-state index contributed by atoms with van der Waals surface area (Å²) in [6.07, 6.45) is 1.81. The van der Waals surface area contributed by atoms with Crippen LogP contribution in [0.3, 0.4) is 0 Å². The summed E-state index contributed by atoms with van der Waals surface area (Å²) in [6, 6.07) is 0. The zero-order valence-corrected chi connectivity index (χ0v) is 8.29. The van der Waals surface area contributed by atoms with E-state index in [2.05, 4.69) is 6.58 Å². The van der Waals surface area contributed by atoms with Crippen LogP contribution in [0, 0.1) is 0 Å². The van der Waals surface area contributed by atoms with Gasteiger partial charge in [0.25, 0.3) is 0 Å². The first-order valence-electron chi connectivity index (χ1n) is 1.92. The van der Waals surface area contributed by atoms with Crippen molar-refractivity contribution in [3.8, 4) is 0 Å². The van der Waals surface area contributed by atoms with Crippen LogP contribution >= 0.6 is 0 Å². The standard InChI is InChI=1S/C5H6O3.2Ti/c1-4(6)2-3-5(7)8;;/h2-3,6H,1H2,(H,7,8);;/b3-2-;;. The van der Waals surface area contributed by atoms with Gasteiger partial charge in [-0.1, -0.05) is 6.58 Å². The van der Waals surface area contributed by atoms with Gasteiger partial charge in [0.2, 0.25) is 0 Å². The summed E-state index contributed by atoms with van der Waals surface area (Å²) in [5, 5.41) is 16.2. The third-order valence-corrected chi connectivity index (χ3v) is 0.418. The minimum absolute atomic E-state index is 0. The number of hydrogen-bond donors (Lipinski definition) is 2. The van der Waals surface area contributed by atoms with Crippen LogP contribution < -0.4 is 0 Å². The number of allylic oxidation sites excluding steroid dienone is 1. The second-order valence-electron chi connectivity index (χ2n) is 1.16. The summed E-state index contributed by atoms with van der Waals surface area (Å²) in [4.78, 5) is 9.66. The minimum Gasteiger partial charge on any atom is -0.509 e. The summed E-state index contributed by atoms with van der Waals surface area (Å²) in [6.45, 7) is 3.03. The molecule has 0 unspecified atom stereocenters. The average molecular weight is 210 g/mol. The predicted octanol–water partition coefficient (Wildman–Crippen LogP) is 0.694. The fourth-order valence-electron chi connectivity index (χ4n) is 0.167. The molecular formula is C5H6O3Ti2. The molecule has 0 aliphatic rings. The van der Waals surface area contributed by atoms with Crippen LogP contribution in [0.15, 0.2) is 24.5 Å². The third kappa shape index (κ3) is 15.7. The number of aliphatic hydroxyl groups excluding tert-OH is 1. The van der Waals surface area contributed by atoms with Crippen LogP contribution in [0.4, 0.5) is 0 Å². The Hall–Kier alpha value is 0.179. The van der Waals surface area contributed by atoms with E-state index in [0.717, 1.165) is 12.2 Å². The van der Waals surface area contributed by atoms with E-state index in [9.17, 15) is 4.79 Å². The SMILES string of the molecule is C=C(O)/C=C\C(=O)O.[Ti].[Ti]. The summed E-state index contributed by atoms with van der Waals surface area (Å²) in [5.74, 6) is -1.35. The number of hydrogen-bond acceptors (Lipinski definition) is 2. The van der Waals surface area contributed by atoms with E-state index in [-0.39, 0.29) is 49.2 Å². The monoisotopic (exact) mass is 210 g/mol. The van der Waals surface area contributed by atoms with Gasteiger partial charge in [-0.2, -0.15) is 0 Å². The molecule has 0 rings (SSSR count). The second kappa shape index (κ2) is 9.18. The molecule has 0 aliphatic heterocycles. The first-order chi connectivity index (χ1) is 3.63. The summed E-state index contributed by atoms with van der Waals surface area (Å²) >= 11 is 0. The molecule has 0 fully saturated rings. The Morgan fingerprint density at radius 3 is 1.70 bits per heavy atom. The Bertz CT molecular complexity index is 126. The minimum atomic E-state index is -1.10. The number of carbonyl (C=O) groups is 1. The van der Waals surface area contributed by atoms with Crippen LogP contribution in [-0.2, 0) is 48.2 Å². The number of aliphatic carboxylic acids is 1. The maximum absolute atomic E-state index is 9.66. The van der Waals surface area contributed by atoms with Crippen molar-refractivity contribution in [3.63, 3.8) is 0 Å². The van der Waals surface area contributed by atoms with Crippen molar-refractivity contribution >= 4 is 5.97 Å². The van der Waals surface area contributed by atoms with E-state index >= 15 is 0 Å². The second-order valence-corrected chi connectivity index (χ2v) is 1.16. The van der Waals surface area contributed by atoms with Crippen LogP contribution in [0.5, 0.6) is 0 Å². The number of aliphatic hydroxyl groups is 1. The summed E-state index contributed by atoms with van der Waals surface area (Å²) in [7, 11) is 0. The third-order valence-electron chi connectivity index (χ3n) is 0.418. The summed E-state index contributed by atoms with van der Waals surface area (Å²) in [5.41, 5.74) is 0. The van der Waals surface area contributed by atoms with Gasteiger partial charge in [0, 0.05) is 49.5 Å². The molecule has 0 amide bonds. The maximum Gasteiger partial charge on any atom is 0.328 e. The van der Waals surface area contributed by atoms with Crippen LogP contribution in [0.2, 0.25) is 0 Å². The molecule has 0 aromatic heterocycles. The summed E-state index contributed by atoms with van der Waals surface area (Å²) < 4.78 is 0. The van der Waals surface area contributed by atoms with Gasteiger partial charge in [-0.05, 0) is 6.08 Å². The van der Waals surface area contributed by atoms with Crippen molar-refractivity contribution in [1.82, 2.24) is 0 Å². The van der Waals surface area contributed by atoms with E-state index in [4.69, 9.17) is 10.2 Å². The molecule has 5 heteroatoms. The Labute approximate surface area is 88.6 Å². The molecule has 3 nitrogen and oxygen atoms in total. The van der Waals surface area contributed by atoms with Crippen molar-refractivity contribution in [2.45, 2.75) is 0 Å². The molecule has 0 spiro atoms. The molecule has 0 aromatic carbocycles. The van der Waals surface area contributed by atoms with Crippen LogP contribution in [0.1, 0.15) is 0 Å². The van der Waals surface area contributed by atoms with Gasteiger partial charge in [-0.3, -0.25) is 0 Å². The van der Waals surface area contributed by atoms with Gasteiger partial charge in [0.15, 0.2) is 0 Å². The maximum atomic E-state index is 9.66. The molecule has 2 N–H and O–H groups in total. The van der Waals surface area contributed by atoms with Gasteiger partial charge in [0.05, 0.1) is 0 Å². The topological polar surface area (TPSA) is 57.5 Å². The van der Waals surface area contributed by atoms with E-state index in [0.29, 0.717) is 0 Å². The van der Waals surface area contributed by atoms with E-state index < -0.39 is 5.97 Å². The molecule has 0 aromatic rings. The molecule has 0 saturated heterocycles. The molecule has 0 atom stereocenters. The number of carboxylic acids is 1. The molecule has 52 valence electrons. The van der Waals surface area contributed by atoms with Crippen molar-refractivity contribution in [2.75, 3.05) is 0 Å². The van der Waals surface area contributed by atoms with Gasteiger partial charge in [-0.15, -0.1) is 0 Å². The normalized spacial score (nSPS) is 7.60. The molecule has 0 saturated carbocycles. The average Bonchev–Trinajstić information content (AvgIpc) is 1.61. The molecule has 10 heavy (non-hydrogen) atoms. The largest absolute Gasteiger partial charge is 0.509 e. The Balaban J connectivity index is -0.000000245. The van der Waals surface area contributed by atoms with Gasteiger partial charge in [-0.25, -0.2) is 4.79 Å². The van der Waals surface area contributed by atoms with Crippen LogP contribution in [-0.4, -0.2) is 16.2 Å². The van der Waals surface area contributed by atoms with Crippen LogP contribution in [0.25, 0.3) is 0 Å². The molecule has 0 bridgehead atoms. The van der Waals surface area contributed by atoms with Gasteiger partial charge >= 0.3 is 5.97 Å². The van der Waals surface area contributed by atoms with E-state index in [1.165, 1.54) is 0 Å². The predicted molar refractivity (Wildman–Crippen MR) is 28.5 cm³/mol. The van der Waals surface area contributed by atoms with Crippen molar-refractivity contribution in [3.05, 3.63) is 24.5 Å². The molecule has 0 radical (unpaired) electrons. The smallest absolute Gasteiger partial charge is 0.328 e. The first kappa shape index (κ1) is 16.6. The van der Waals surface area contributed by atoms with Crippen molar-refractivity contribution in [1.29, 1.82) is 0 Å². The number of carboxylic acid groups (broad SMARTS) is 1. The van der Waals surface area contributed by atoms with Crippen molar-refractivity contribution < 1.29 is 58.4 Å². The Morgan fingerprint density at radius 1 is 1.20 bits per heavy atom. The zero-order chi connectivity index (χ0) is 6.57. The molecular weight excluding hydrogens is 204 g/mol. The Kier molecular flexibility index (Phi) is 15.3. The quantitative estimate of drug-likeness (QED) is 0.305.